The summed E-state index contributed by atoms with van der Waals surface area (Å²) >= 11 is 11.8. The number of halogens is 2. The van der Waals surface area contributed by atoms with Crippen LogP contribution >= 0.6 is 23.2 Å². The maximum absolute atomic E-state index is 11.9. The van der Waals surface area contributed by atoms with Gasteiger partial charge in [0.15, 0.2) is 0 Å². The summed E-state index contributed by atoms with van der Waals surface area (Å²) in [6.07, 6.45) is 0.0842. The number of anilines is 1. The van der Waals surface area contributed by atoms with E-state index in [0.717, 1.165) is 0 Å². The summed E-state index contributed by atoms with van der Waals surface area (Å²) < 4.78 is 0. The number of benzene rings is 2. The number of nitro groups is 1. The zero-order valence-corrected chi connectivity index (χ0v) is 12.2. The minimum absolute atomic E-state index is 0.0166. The van der Waals surface area contributed by atoms with E-state index in [0.29, 0.717) is 16.3 Å². The number of carbonyl (C=O) groups is 1. The molecular formula is C14H10Cl2N2O3. The minimum Gasteiger partial charge on any atom is -0.324 e. The van der Waals surface area contributed by atoms with Crippen molar-refractivity contribution < 1.29 is 9.72 Å². The van der Waals surface area contributed by atoms with Crippen LogP contribution in [0.15, 0.2) is 42.5 Å². The number of nitrogens with one attached hydrogen (secondary N) is 1. The summed E-state index contributed by atoms with van der Waals surface area (Å²) in [6.45, 7) is 0. The quantitative estimate of drug-likeness (QED) is 0.680. The molecule has 0 heterocycles. The molecule has 2 aromatic rings. The van der Waals surface area contributed by atoms with Gasteiger partial charge in [0.1, 0.15) is 0 Å². The first-order valence-electron chi connectivity index (χ1n) is 5.94. The highest BCUT2D eigenvalue weighted by Crippen LogP contribution is 2.29. The fourth-order valence-electron chi connectivity index (χ4n) is 1.72. The van der Waals surface area contributed by atoms with Crippen molar-refractivity contribution in [2.45, 2.75) is 6.42 Å². The second-order valence-electron chi connectivity index (χ2n) is 4.25. The average Bonchev–Trinajstić information content (AvgIpc) is 2.44. The van der Waals surface area contributed by atoms with Gasteiger partial charge in [-0.25, -0.2) is 0 Å². The summed E-state index contributed by atoms with van der Waals surface area (Å²) in [7, 11) is 0. The van der Waals surface area contributed by atoms with Gasteiger partial charge in [-0.15, -0.1) is 0 Å². The summed E-state index contributed by atoms with van der Waals surface area (Å²) in [5.74, 6) is -0.284. The van der Waals surface area contributed by atoms with Gasteiger partial charge in [0.25, 0.3) is 5.69 Å². The van der Waals surface area contributed by atoms with Crippen molar-refractivity contribution in [2.75, 3.05) is 5.32 Å². The monoisotopic (exact) mass is 324 g/mol. The normalized spacial score (nSPS) is 10.2. The van der Waals surface area contributed by atoms with E-state index < -0.39 is 4.92 Å². The Bertz CT molecular complexity index is 687. The molecule has 0 fully saturated rings. The van der Waals surface area contributed by atoms with Crippen molar-refractivity contribution in [3.8, 4) is 0 Å². The lowest BCUT2D eigenvalue weighted by molar-refractivity contribution is -0.384. The van der Waals surface area contributed by atoms with E-state index in [1.54, 1.807) is 18.2 Å². The third-order valence-electron chi connectivity index (χ3n) is 2.74. The molecule has 0 spiro atoms. The first kappa shape index (κ1) is 15.3. The second-order valence-corrected chi connectivity index (χ2v) is 5.04. The van der Waals surface area contributed by atoms with Crippen LogP contribution in [0, 0.1) is 10.1 Å². The highest BCUT2D eigenvalue weighted by Gasteiger charge is 2.10. The zero-order chi connectivity index (χ0) is 15.4. The average molecular weight is 325 g/mol. The molecule has 0 unspecified atom stereocenters. The zero-order valence-electron chi connectivity index (χ0n) is 10.7. The van der Waals surface area contributed by atoms with Crippen LogP contribution in [0.2, 0.25) is 10.0 Å². The minimum atomic E-state index is -0.490. The molecule has 1 N–H and O–H groups in total. The van der Waals surface area contributed by atoms with Gasteiger partial charge >= 0.3 is 0 Å². The molecule has 0 aliphatic rings. The lowest BCUT2D eigenvalue weighted by atomic mass is 10.1. The van der Waals surface area contributed by atoms with E-state index in [2.05, 4.69) is 5.32 Å². The Balaban J connectivity index is 2.04. The molecule has 0 saturated carbocycles. The van der Waals surface area contributed by atoms with Gasteiger partial charge in [0.05, 0.1) is 27.1 Å². The molecular weight excluding hydrogens is 315 g/mol. The molecule has 0 radical (unpaired) electrons. The lowest BCUT2D eigenvalue weighted by Gasteiger charge is -2.08. The Morgan fingerprint density at radius 1 is 1.14 bits per heavy atom. The number of nitro benzene ring substituents is 1. The number of hydrogen-bond acceptors (Lipinski definition) is 3. The summed E-state index contributed by atoms with van der Waals surface area (Å²) in [5.41, 5.74) is 1.07. The molecule has 0 saturated heterocycles. The topological polar surface area (TPSA) is 72.2 Å². The van der Waals surface area contributed by atoms with E-state index in [1.165, 1.54) is 24.3 Å². The largest absolute Gasteiger partial charge is 0.324 e. The Kier molecular flexibility index (Phi) is 4.77. The highest BCUT2D eigenvalue weighted by molar-refractivity contribution is 6.43. The molecule has 1 amide bonds. The van der Waals surface area contributed by atoms with E-state index >= 15 is 0 Å². The standard InChI is InChI=1S/C14H10Cl2N2O3/c15-11-2-1-3-12(14(11)16)17-13(19)8-9-4-6-10(7-5-9)18(20)21/h1-7H,8H2,(H,17,19). The molecule has 21 heavy (non-hydrogen) atoms. The first-order valence-corrected chi connectivity index (χ1v) is 6.70. The number of amides is 1. The maximum atomic E-state index is 11.9. The van der Waals surface area contributed by atoms with Crippen LogP contribution < -0.4 is 5.32 Å². The van der Waals surface area contributed by atoms with Gasteiger partial charge in [0, 0.05) is 12.1 Å². The molecule has 0 bridgehead atoms. The van der Waals surface area contributed by atoms with Crippen LogP contribution in [-0.2, 0) is 11.2 Å². The van der Waals surface area contributed by atoms with Crippen LogP contribution in [0.3, 0.4) is 0 Å². The predicted octanol–water partition coefficient (Wildman–Crippen LogP) is 4.08. The van der Waals surface area contributed by atoms with Crippen molar-refractivity contribution >= 4 is 40.5 Å². The van der Waals surface area contributed by atoms with Gasteiger partial charge in [-0.05, 0) is 17.7 Å². The fraction of sp³-hybridized carbons (Fsp3) is 0.0714. The summed E-state index contributed by atoms with van der Waals surface area (Å²) in [5, 5.41) is 13.8. The molecule has 5 nitrogen and oxygen atoms in total. The third-order valence-corrected chi connectivity index (χ3v) is 3.56. The smallest absolute Gasteiger partial charge is 0.269 e. The third kappa shape index (κ3) is 3.93. The summed E-state index contributed by atoms with van der Waals surface area (Å²) in [4.78, 5) is 22.0. The van der Waals surface area contributed by atoms with Gasteiger partial charge in [-0.1, -0.05) is 41.4 Å². The predicted molar refractivity (Wildman–Crippen MR) is 81.9 cm³/mol. The number of hydrogen-bond donors (Lipinski definition) is 1. The van der Waals surface area contributed by atoms with E-state index in [1.807, 2.05) is 0 Å². The van der Waals surface area contributed by atoms with E-state index in [-0.39, 0.29) is 23.0 Å². The van der Waals surface area contributed by atoms with Crippen LogP contribution in [0.4, 0.5) is 11.4 Å². The first-order chi connectivity index (χ1) is 9.97. The van der Waals surface area contributed by atoms with Crippen LogP contribution in [0.25, 0.3) is 0 Å². The Labute approximate surface area is 130 Å². The van der Waals surface area contributed by atoms with Crippen molar-refractivity contribution in [3.05, 3.63) is 68.2 Å². The maximum Gasteiger partial charge on any atom is 0.269 e. The molecule has 2 aromatic carbocycles. The van der Waals surface area contributed by atoms with Crippen molar-refractivity contribution in [3.63, 3.8) is 0 Å². The molecule has 0 aliphatic heterocycles. The highest BCUT2D eigenvalue weighted by atomic mass is 35.5. The molecule has 108 valence electrons. The number of carbonyl (C=O) groups excluding carboxylic acids is 1. The Hall–Kier alpha value is -2.11. The summed E-state index contributed by atoms with van der Waals surface area (Å²) in [6, 6.07) is 10.7. The van der Waals surface area contributed by atoms with E-state index in [4.69, 9.17) is 23.2 Å². The van der Waals surface area contributed by atoms with Crippen LogP contribution in [-0.4, -0.2) is 10.8 Å². The van der Waals surface area contributed by atoms with Crippen molar-refractivity contribution in [1.29, 1.82) is 0 Å². The van der Waals surface area contributed by atoms with Crippen LogP contribution in [0.1, 0.15) is 5.56 Å². The molecule has 0 aromatic heterocycles. The second kappa shape index (κ2) is 6.56. The lowest BCUT2D eigenvalue weighted by Crippen LogP contribution is -2.14. The van der Waals surface area contributed by atoms with Crippen molar-refractivity contribution in [1.82, 2.24) is 0 Å². The van der Waals surface area contributed by atoms with E-state index in [9.17, 15) is 14.9 Å². The van der Waals surface area contributed by atoms with Gasteiger partial charge in [0.2, 0.25) is 5.91 Å². The van der Waals surface area contributed by atoms with Gasteiger partial charge < -0.3 is 5.32 Å². The number of nitrogens with zero attached hydrogens (tertiary/aromatic N) is 1. The van der Waals surface area contributed by atoms with Gasteiger partial charge in [-0.2, -0.15) is 0 Å². The molecule has 7 heteroatoms. The Morgan fingerprint density at radius 2 is 1.81 bits per heavy atom. The number of rotatable bonds is 4. The number of non-ortho nitro benzene ring substituents is 1. The fourth-order valence-corrected chi connectivity index (χ4v) is 2.06. The molecule has 0 atom stereocenters. The molecule has 2 rings (SSSR count). The van der Waals surface area contributed by atoms with Crippen LogP contribution in [0.5, 0.6) is 0 Å². The molecule has 0 aliphatic carbocycles. The van der Waals surface area contributed by atoms with Gasteiger partial charge in [-0.3, -0.25) is 14.9 Å². The SMILES string of the molecule is O=C(Cc1ccc([N+](=O)[O-])cc1)Nc1cccc(Cl)c1Cl. The Morgan fingerprint density at radius 3 is 2.43 bits per heavy atom. The van der Waals surface area contributed by atoms with Crippen molar-refractivity contribution in [2.24, 2.45) is 0 Å².